The van der Waals surface area contributed by atoms with Gasteiger partial charge in [-0.3, -0.25) is 4.79 Å². The van der Waals surface area contributed by atoms with Gasteiger partial charge >= 0.3 is 0 Å². The zero-order chi connectivity index (χ0) is 18.8. The zero-order valence-corrected chi connectivity index (χ0v) is 16.2. The third kappa shape index (κ3) is 3.67. The van der Waals surface area contributed by atoms with Gasteiger partial charge in [0.05, 0.1) is 28.9 Å². The molecule has 0 saturated heterocycles. The summed E-state index contributed by atoms with van der Waals surface area (Å²) >= 11 is 2.40. The van der Waals surface area contributed by atoms with Gasteiger partial charge in [-0.15, -0.1) is 5.10 Å². The third-order valence-corrected chi connectivity index (χ3v) is 5.38. The van der Waals surface area contributed by atoms with E-state index in [0.717, 1.165) is 28.5 Å². The molecule has 0 aliphatic rings. The second-order valence-corrected chi connectivity index (χ2v) is 7.41. The first-order valence-electron chi connectivity index (χ1n) is 8.12. The molecule has 0 spiro atoms. The first-order chi connectivity index (χ1) is 13.1. The maximum atomic E-state index is 12.4. The van der Waals surface area contributed by atoms with Crippen molar-refractivity contribution in [1.29, 1.82) is 0 Å². The number of carbonyl (C=O) groups excluding carboxylic acids is 1. The molecule has 4 aromatic rings. The Balaban J connectivity index is 1.47. The molecular formula is C17H15N7OS2. The van der Waals surface area contributed by atoms with Gasteiger partial charge in [0.15, 0.2) is 0 Å². The van der Waals surface area contributed by atoms with Crippen molar-refractivity contribution in [2.75, 3.05) is 11.1 Å². The molecule has 4 rings (SSSR count). The topological polar surface area (TPSA) is 98.5 Å². The molecule has 0 unspecified atom stereocenters. The second-order valence-electron chi connectivity index (χ2n) is 5.94. The highest BCUT2D eigenvalue weighted by Crippen LogP contribution is 2.23. The quantitative estimate of drug-likeness (QED) is 0.517. The molecule has 2 heterocycles. The molecule has 1 N–H and O–H groups in total. The average molecular weight is 397 g/mol. The fourth-order valence-electron chi connectivity index (χ4n) is 2.69. The molecule has 0 atom stereocenters. The van der Waals surface area contributed by atoms with E-state index in [-0.39, 0.29) is 11.7 Å². The van der Waals surface area contributed by atoms with E-state index in [9.17, 15) is 4.79 Å². The Morgan fingerprint density at radius 3 is 2.96 bits per heavy atom. The molecule has 2 aromatic carbocycles. The lowest BCUT2D eigenvalue weighted by molar-refractivity contribution is -0.113. The minimum atomic E-state index is -0.157. The number of aromatic nitrogens is 6. The number of benzene rings is 2. The molecular weight excluding hydrogens is 382 g/mol. The Hall–Kier alpha value is -2.85. The molecule has 136 valence electrons. The smallest absolute Gasteiger partial charge is 0.234 e. The largest absolute Gasteiger partial charge is 0.323 e. The van der Waals surface area contributed by atoms with Crippen LogP contribution in [0.3, 0.4) is 0 Å². The fraction of sp³-hybridized carbons (Fsp3) is 0.176. The summed E-state index contributed by atoms with van der Waals surface area (Å²) in [5, 5.41) is 15.3. The summed E-state index contributed by atoms with van der Waals surface area (Å²) in [4.78, 5) is 12.4. The second kappa shape index (κ2) is 7.41. The van der Waals surface area contributed by atoms with Gasteiger partial charge in [0.25, 0.3) is 0 Å². The molecule has 2 aromatic heterocycles. The third-order valence-electron chi connectivity index (χ3n) is 3.91. The van der Waals surface area contributed by atoms with Gasteiger partial charge in [-0.25, -0.2) is 0 Å². The van der Waals surface area contributed by atoms with Crippen molar-refractivity contribution in [3.63, 3.8) is 0 Å². The minimum Gasteiger partial charge on any atom is -0.323 e. The van der Waals surface area contributed by atoms with Crippen LogP contribution in [0, 0.1) is 13.8 Å². The minimum absolute atomic E-state index is 0.157. The number of amides is 1. The van der Waals surface area contributed by atoms with Crippen molar-refractivity contribution in [2.45, 2.75) is 19.0 Å². The fourth-order valence-corrected chi connectivity index (χ4v) is 3.92. The summed E-state index contributed by atoms with van der Waals surface area (Å²) in [6, 6.07) is 11.6. The van der Waals surface area contributed by atoms with Crippen LogP contribution in [0.25, 0.3) is 16.7 Å². The number of hydrogen-bond acceptors (Lipinski definition) is 8. The van der Waals surface area contributed by atoms with Crippen LogP contribution in [0.15, 0.2) is 41.6 Å². The van der Waals surface area contributed by atoms with Gasteiger partial charge in [0.2, 0.25) is 11.1 Å². The number of thioether (sulfide) groups is 1. The average Bonchev–Trinajstić information content (AvgIpc) is 3.29. The van der Waals surface area contributed by atoms with E-state index >= 15 is 0 Å². The summed E-state index contributed by atoms with van der Waals surface area (Å²) in [5.74, 6) is 0.0230. The highest BCUT2D eigenvalue weighted by atomic mass is 32.2. The van der Waals surface area contributed by atoms with Crippen LogP contribution in [0.2, 0.25) is 0 Å². The van der Waals surface area contributed by atoms with Gasteiger partial charge in [0, 0.05) is 0 Å². The predicted octanol–water partition coefficient (Wildman–Crippen LogP) is 3.01. The van der Waals surface area contributed by atoms with Crippen LogP contribution in [0.5, 0.6) is 0 Å². The SMILES string of the molecule is Cc1ccc(-n2nnnc2SCC(=O)Nc2cccc3nsnc23)c(C)c1. The summed E-state index contributed by atoms with van der Waals surface area (Å²) in [6.07, 6.45) is 0. The molecule has 0 bridgehead atoms. The first-order valence-corrected chi connectivity index (χ1v) is 9.83. The van der Waals surface area contributed by atoms with Crippen molar-refractivity contribution in [1.82, 2.24) is 29.0 Å². The van der Waals surface area contributed by atoms with Crippen LogP contribution in [0.1, 0.15) is 11.1 Å². The van der Waals surface area contributed by atoms with Crippen LogP contribution >= 0.6 is 23.5 Å². The lowest BCUT2D eigenvalue weighted by Crippen LogP contribution is -2.15. The molecule has 0 radical (unpaired) electrons. The summed E-state index contributed by atoms with van der Waals surface area (Å²) in [5.41, 5.74) is 5.25. The molecule has 10 heteroatoms. The van der Waals surface area contributed by atoms with E-state index in [1.165, 1.54) is 17.3 Å². The van der Waals surface area contributed by atoms with E-state index in [1.54, 1.807) is 4.68 Å². The number of carbonyl (C=O) groups is 1. The zero-order valence-electron chi connectivity index (χ0n) is 14.6. The monoisotopic (exact) mass is 397 g/mol. The van der Waals surface area contributed by atoms with Crippen LogP contribution < -0.4 is 5.32 Å². The van der Waals surface area contributed by atoms with Crippen molar-refractivity contribution < 1.29 is 4.79 Å². The van der Waals surface area contributed by atoms with Crippen LogP contribution in [-0.4, -0.2) is 40.6 Å². The normalized spacial score (nSPS) is 11.0. The van der Waals surface area contributed by atoms with Crippen molar-refractivity contribution >= 4 is 46.1 Å². The van der Waals surface area contributed by atoms with E-state index < -0.39 is 0 Å². The van der Waals surface area contributed by atoms with Crippen molar-refractivity contribution in [2.24, 2.45) is 0 Å². The molecule has 0 fully saturated rings. The molecule has 0 saturated carbocycles. The maximum Gasteiger partial charge on any atom is 0.234 e. The van der Waals surface area contributed by atoms with Crippen molar-refractivity contribution in [3.8, 4) is 5.69 Å². The molecule has 27 heavy (non-hydrogen) atoms. The number of nitrogens with one attached hydrogen (secondary N) is 1. The lowest BCUT2D eigenvalue weighted by Gasteiger charge is -2.08. The number of aryl methyl sites for hydroxylation is 2. The number of hydrogen-bond donors (Lipinski definition) is 1. The van der Waals surface area contributed by atoms with Gasteiger partial charge in [0.1, 0.15) is 11.0 Å². The van der Waals surface area contributed by atoms with Gasteiger partial charge in [-0.05, 0) is 48.0 Å². The Kier molecular flexibility index (Phi) is 4.82. The number of nitrogens with zero attached hydrogens (tertiary/aromatic N) is 6. The predicted molar refractivity (Wildman–Crippen MR) is 105 cm³/mol. The van der Waals surface area contributed by atoms with Crippen LogP contribution in [-0.2, 0) is 4.79 Å². The molecule has 1 amide bonds. The highest BCUT2D eigenvalue weighted by molar-refractivity contribution is 7.99. The highest BCUT2D eigenvalue weighted by Gasteiger charge is 2.14. The lowest BCUT2D eigenvalue weighted by atomic mass is 10.1. The summed E-state index contributed by atoms with van der Waals surface area (Å²) in [7, 11) is 0. The summed E-state index contributed by atoms with van der Waals surface area (Å²) in [6.45, 7) is 4.04. The maximum absolute atomic E-state index is 12.4. The van der Waals surface area contributed by atoms with Crippen molar-refractivity contribution in [3.05, 3.63) is 47.5 Å². The van der Waals surface area contributed by atoms with E-state index in [0.29, 0.717) is 16.4 Å². The summed E-state index contributed by atoms with van der Waals surface area (Å²) < 4.78 is 10.1. The van der Waals surface area contributed by atoms with Gasteiger partial charge in [-0.1, -0.05) is 35.5 Å². The van der Waals surface area contributed by atoms with E-state index in [2.05, 4.69) is 35.7 Å². The first kappa shape index (κ1) is 17.6. The standard InChI is InChI=1S/C17H15N7OS2/c1-10-6-7-14(11(2)8-10)24-17(19-22-23-24)26-9-15(25)18-12-4-3-5-13-16(12)21-27-20-13/h3-8H,9H2,1-2H3,(H,18,25). The Morgan fingerprint density at radius 2 is 2.11 bits per heavy atom. The molecule has 0 aliphatic heterocycles. The molecule has 8 nitrogen and oxygen atoms in total. The number of tetrazole rings is 1. The number of anilines is 1. The number of rotatable bonds is 5. The Bertz CT molecular complexity index is 1120. The van der Waals surface area contributed by atoms with Crippen LogP contribution in [0.4, 0.5) is 5.69 Å². The van der Waals surface area contributed by atoms with E-state index in [4.69, 9.17) is 0 Å². The van der Waals surface area contributed by atoms with Gasteiger partial charge in [-0.2, -0.15) is 13.4 Å². The number of fused-ring (bicyclic) bond motifs is 1. The van der Waals surface area contributed by atoms with E-state index in [1.807, 2.05) is 44.2 Å². The Labute approximate surface area is 163 Å². The molecule has 0 aliphatic carbocycles. The van der Waals surface area contributed by atoms with Gasteiger partial charge < -0.3 is 5.32 Å². The Morgan fingerprint density at radius 1 is 1.22 bits per heavy atom.